The van der Waals surface area contributed by atoms with E-state index in [4.69, 9.17) is 12.2 Å². The van der Waals surface area contributed by atoms with Crippen molar-refractivity contribution in [3.8, 4) is 12.3 Å². The van der Waals surface area contributed by atoms with Crippen molar-refractivity contribution < 1.29 is 0 Å². The molecule has 2 nitrogen and oxygen atoms in total. The Kier molecular flexibility index (Phi) is 2.84. The van der Waals surface area contributed by atoms with Crippen molar-refractivity contribution >= 4 is 0 Å². The second-order valence-corrected chi connectivity index (χ2v) is 2.62. The normalized spacial score (nSPS) is 12.1. The highest BCUT2D eigenvalue weighted by Gasteiger charge is 2.06. The highest BCUT2D eigenvalue weighted by molar-refractivity contribution is 5.38. The number of pyridine rings is 1. The molecule has 1 atom stereocenters. The lowest BCUT2D eigenvalue weighted by molar-refractivity contribution is 0.695. The van der Waals surface area contributed by atoms with Crippen molar-refractivity contribution in [2.75, 3.05) is 0 Å². The van der Waals surface area contributed by atoms with E-state index in [1.807, 2.05) is 13.0 Å². The van der Waals surface area contributed by atoms with Crippen LogP contribution in [0.25, 0.3) is 0 Å². The van der Waals surface area contributed by atoms with E-state index in [-0.39, 0.29) is 6.04 Å². The van der Waals surface area contributed by atoms with Gasteiger partial charge >= 0.3 is 0 Å². The van der Waals surface area contributed by atoms with Crippen LogP contribution in [0.2, 0.25) is 0 Å². The maximum absolute atomic E-state index is 5.85. The van der Waals surface area contributed by atoms with Gasteiger partial charge in [-0.2, -0.15) is 0 Å². The van der Waals surface area contributed by atoms with E-state index in [2.05, 4.69) is 10.9 Å². The monoisotopic (exact) mass is 160 g/mol. The molecule has 0 aliphatic heterocycles. The Morgan fingerprint density at radius 3 is 3.08 bits per heavy atom. The first-order valence-corrected chi connectivity index (χ1v) is 3.95. The molecule has 0 radical (unpaired) electrons. The fraction of sp³-hybridized carbons (Fsp3) is 0.300. The number of terminal acetylenes is 1. The van der Waals surface area contributed by atoms with Crippen LogP contribution in [0.3, 0.4) is 0 Å². The minimum absolute atomic E-state index is 0.0269. The largest absolute Gasteiger partial charge is 0.324 e. The van der Waals surface area contributed by atoms with Crippen LogP contribution in [-0.4, -0.2) is 4.98 Å². The molecule has 12 heavy (non-hydrogen) atoms. The zero-order valence-corrected chi connectivity index (χ0v) is 7.12. The number of rotatable bonds is 2. The third-order valence-corrected chi connectivity index (χ3v) is 1.85. The molecule has 0 amide bonds. The summed E-state index contributed by atoms with van der Waals surface area (Å²) >= 11 is 0. The molecule has 0 saturated heterocycles. The Labute approximate surface area is 72.8 Å². The fourth-order valence-electron chi connectivity index (χ4n) is 1.07. The van der Waals surface area contributed by atoms with Gasteiger partial charge < -0.3 is 5.73 Å². The van der Waals surface area contributed by atoms with Crippen molar-refractivity contribution in [1.82, 2.24) is 4.98 Å². The van der Waals surface area contributed by atoms with Gasteiger partial charge in [-0.25, -0.2) is 0 Å². The second-order valence-electron chi connectivity index (χ2n) is 2.62. The lowest BCUT2D eigenvalue weighted by Gasteiger charge is -2.10. The van der Waals surface area contributed by atoms with E-state index < -0.39 is 0 Å². The van der Waals surface area contributed by atoms with Gasteiger partial charge in [0, 0.05) is 24.0 Å². The van der Waals surface area contributed by atoms with E-state index in [1.165, 1.54) is 0 Å². The standard InChI is InChI=1S/C10H12N2/c1-3-8-7-12-6-5-9(8)10(11)4-2/h1,5-7,10H,4,11H2,2H3/t10-/m1/s1. The summed E-state index contributed by atoms with van der Waals surface area (Å²) in [6.45, 7) is 2.03. The molecule has 62 valence electrons. The van der Waals surface area contributed by atoms with Gasteiger partial charge in [0.15, 0.2) is 0 Å². The molecule has 0 spiro atoms. The molecule has 0 saturated carbocycles. The van der Waals surface area contributed by atoms with Gasteiger partial charge in [-0.1, -0.05) is 12.8 Å². The van der Waals surface area contributed by atoms with Crippen molar-refractivity contribution in [2.24, 2.45) is 5.73 Å². The van der Waals surface area contributed by atoms with Crippen LogP contribution in [0.15, 0.2) is 18.5 Å². The van der Waals surface area contributed by atoms with E-state index in [1.54, 1.807) is 12.4 Å². The van der Waals surface area contributed by atoms with Crippen LogP contribution in [0.1, 0.15) is 30.5 Å². The van der Waals surface area contributed by atoms with Crippen molar-refractivity contribution in [3.05, 3.63) is 29.6 Å². The molecule has 2 heteroatoms. The number of aromatic nitrogens is 1. The van der Waals surface area contributed by atoms with E-state index in [9.17, 15) is 0 Å². The quantitative estimate of drug-likeness (QED) is 0.665. The van der Waals surface area contributed by atoms with Gasteiger partial charge in [0.25, 0.3) is 0 Å². The smallest absolute Gasteiger partial charge is 0.0473 e. The molecule has 1 aromatic rings. The van der Waals surface area contributed by atoms with Crippen LogP contribution in [0, 0.1) is 12.3 Å². The topological polar surface area (TPSA) is 38.9 Å². The van der Waals surface area contributed by atoms with E-state index in [0.29, 0.717) is 0 Å². The lowest BCUT2D eigenvalue weighted by Crippen LogP contribution is -2.10. The summed E-state index contributed by atoms with van der Waals surface area (Å²) in [5.41, 5.74) is 7.65. The SMILES string of the molecule is C#Cc1cnccc1[C@H](N)CC. The van der Waals surface area contributed by atoms with Gasteiger partial charge in [0.1, 0.15) is 0 Å². The van der Waals surface area contributed by atoms with Crippen LogP contribution >= 0.6 is 0 Å². The van der Waals surface area contributed by atoms with E-state index >= 15 is 0 Å². The third kappa shape index (κ3) is 1.63. The Morgan fingerprint density at radius 1 is 1.75 bits per heavy atom. The molecule has 0 unspecified atom stereocenters. The lowest BCUT2D eigenvalue weighted by atomic mass is 10.0. The highest BCUT2D eigenvalue weighted by atomic mass is 14.7. The number of nitrogens with zero attached hydrogens (tertiary/aromatic N) is 1. The highest BCUT2D eigenvalue weighted by Crippen LogP contribution is 2.16. The van der Waals surface area contributed by atoms with Crippen molar-refractivity contribution in [3.63, 3.8) is 0 Å². The molecule has 1 heterocycles. The molecule has 0 aliphatic rings. The summed E-state index contributed by atoms with van der Waals surface area (Å²) in [6.07, 6.45) is 9.57. The molecule has 2 N–H and O–H groups in total. The predicted molar refractivity (Wildman–Crippen MR) is 49.4 cm³/mol. The molecule has 0 bridgehead atoms. The predicted octanol–water partition coefficient (Wildman–Crippen LogP) is 1.47. The minimum atomic E-state index is 0.0269. The van der Waals surface area contributed by atoms with Crippen LogP contribution in [-0.2, 0) is 0 Å². The summed E-state index contributed by atoms with van der Waals surface area (Å²) in [5.74, 6) is 2.57. The Morgan fingerprint density at radius 2 is 2.50 bits per heavy atom. The Balaban J connectivity index is 3.07. The average Bonchev–Trinajstić information content (AvgIpc) is 2.16. The Hall–Kier alpha value is -1.33. The van der Waals surface area contributed by atoms with Crippen LogP contribution < -0.4 is 5.73 Å². The van der Waals surface area contributed by atoms with Gasteiger partial charge in [-0.15, -0.1) is 6.42 Å². The first-order valence-electron chi connectivity index (χ1n) is 3.95. The van der Waals surface area contributed by atoms with Gasteiger partial charge in [-0.05, 0) is 18.1 Å². The molecule has 0 aromatic carbocycles. The average molecular weight is 160 g/mol. The van der Waals surface area contributed by atoms with Gasteiger partial charge in [0.2, 0.25) is 0 Å². The summed E-state index contributed by atoms with van der Waals surface area (Å²) < 4.78 is 0. The fourth-order valence-corrected chi connectivity index (χ4v) is 1.07. The van der Waals surface area contributed by atoms with Gasteiger partial charge in [0.05, 0.1) is 0 Å². The summed E-state index contributed by atoms with van der Waals surface area (Å²) in [7, 11) is 0. The van der Waals surface area contributed by atoms with E-state index in [0.717, 1.165) is 17.5 Å². The molecular weight excluding hydrogens is 148 g/mol. The van der Waals surface area contributed by atoms with Crippen molar-refractivity contribution in [1.29, 1.82) is 0 Å². The minimum Gasteiger partial charge on any atom is -0.324 e. The second kappa shape index (κ2) is 3.89. The van der Waals surface area contributed by atoms with Crippen molar-refractivity contribution in [2.45, 2.75) is 19.4 Å². The third-order valence-electron chi connectivity index (χ3n) is 1.85. The summed E-state index contributed by atoms with van der Waals surface area (Å²) in [4.78, 5) is 3.93. The first-order chi connectivity index (χ1) is 5.79. The molecular formula is C10H12N2. The van der Waals surface area contributed by atoms with Crippen LogP contribution in [0.5, 0.6) is 0 Å². The Bertz CT molecular complexity index is 299. The van der Waals surface area contributed by atoms with Crippen LogP contribution in [0.4, 0.5) is 0 Å². The maximum Gasteiger partial charge on any atom is 0.0473 e. The number of nitrogens with two attached hydrogens (primary N) is 1. The van der Waals surface area contributed by atoms with Gasteiger partial charge in [-0.3, -0.25) is 4.98 Å². The molecule has 1 aromatic heterocycles. The molecule has 1 rings (SSSR count). The number of hydrogen-bond acceptors (Lipinski definition) is 2. The first kappa shape index (κ1) is 8.76. The summed E-state index contributed by atoms with van der Waals surface area (Å²) in [5, 5.41) is 0. The summed E-state index contributed by atoms with van der Waals surface area (Å²) in [6, 6.07) is 1.91. The maximum atomic E-state index is 5.85. The zero-order valence-electron chi connectivity index (χ0n) is 7.12. The molecule has 0 fully saturated rings. The zero-order chi connectivity index (χ0) is 8.97. The molecule has 0 aliphatic carbocycles. The number of hydrogen-bond donors (Lipinski definition) is 1.